The van der Waals surface area contributed by atoms with Crippen LogP contribution in [0, 0.1) is 29.6 Å². The first kappa shape index (κ1) is 63.6. The molecule has 2 aromatic rings. The molecule has 8 atom stereocenters. The number of carbonyl (C=O) groups excluding carboxylic acids is 12. The molecule has 0 bridgehead atoms. The van der Waals surface area contributed by atoms with Gasteiger partial charge in [-0.2, -0.15) is 0 Å². The van der Waals surface area contributed by atoms with Crippen LogP contribution in [0.1, 0.15) is 170 Å². The van der Waals surface area contributed by atoms with Crippen molar-refractivity contribution < 1.29 is 57.5 Å². The molecule has 2 aromatic carbocycles. The van der Waals surface area contributed by atoms with E-state index >= 15 is 0 Å². The maximum Gasteiger partial charge on any atom is 0.261 e. The third-order valence-electron chi connectivity index (χ3n) is 14.8. The molecule has 0 unspecified atom stereocenters. The molecule has 0 saturated carbocycles. The summed E-state index contributed by atoms with van der Waals surface area (Å²) in [7, 11) is 2.76. The first-order valence-corrected chi connectivity index (χ1v) is 28.0. The number of nitrogens with zero attached hydrogens (tertiary/aromatic N) is 4. The van der Waals surface area contributed by atoms with Crippen molar-refractivity contribution in [1.29, 1.82) is 0 Å². The summed E-state index contributed by atoms with van der Waals surface area (Å²) in [5, 5.41) is 16.8. The van der Waals surface area contributed by atoms with E-state index < -0.39 is 119 Å². The summed E-state index contributed by atoms with van der Waals surface area (Å²) in [5.41, 5.74) is 0.561. The SMILES string of the molecule is CC(C)C[C@H]1NC(=O)[C@H](C)N(C)C(=O)[C@@H](CC(C)C)NC(=O)[C@H](C)NC(=O)[C@@H](CC(C)C)NC(=O)[C@H](C)N(C)C(=O)[C@@H](CC(C)C)NC(=O)[C@H](CCCN2C(=O)c3ccc4c5c(ccc(c35)C2=O)C(=O)N(CC(C)C)C4=O)NC1=O. The third kappa shape index (κ3) is 14.7. The summed E-state index contributed by atoms with van der Waals surface area (Å²) in [6.45, 7) is 22.7. The number of nitrogens with one attached hydrogen (secondary N) is 6. The van der Waals surface area contributed by atoms with E-state index in [1.165, 1.54) is 59.1 Å². The minimum Gasteiger partial charge on any atom is -0.343 e. The second-order valence-corrected chi connectivity index (χ2v) is 23.9. The molecule has 22 nitrogen and oxygen atoms in total. The van der Waals surface area contributed by atoms with Crippen LogP contribution in [0.3, 0.4) is 0 Å². The maximum atomic E-state index is 14.8. The highest BCUT2D eigenvalue weighted by atomic mass is 16.2. The average Bonchev–Trinajstić information content (AvgIpc) is 3.38. The fourth-order valence-corrected chi connectivity index (χ4v) is 10.3. The van der Waals surface area contributed by atoms with Gasteiger partial charge in [0.25, 0.3) is 23.6 Å². The second-order valence-electron chi connectivity index (χ2n) is 23.9. The normalized spacial score (nSPS) is 24.7. The molecule has 438 valence electrons. The molecular weight excluding hydrogens is 1030 g/mol. The van der Waals surface area contributed by atoms with Crippen LogP contribution in [0.2, 0.25) is 0 Å². The van der Waals surface area contributed by atoms with Gasteiger partial charge in [-0.3, -0.25) is 67.3 Å². The molecule has 0 radical (unpaired) electrons. The fourth-order valence-electron chi connectivity index (χ4n) is 10.3. The molecule has 0 aliphatic carbocycles. The zero-order valence-electron chi connectivity index (χ0n) is 49.2. The smallest absolute Gasteiger partial charge is 0.261 e. The number of rotatable bonds is 14. The van der Waals surface area contributed by atoms with Crippen LogP contribution in [0.4, 0.5) is 0 Å². The summed E-state index contributed by atoms with van der Waals surface area (Å²) >= 11 is 0. The zero-order chi connectivity index (χ0) is 59.9. The number of carbonyl (C=O) groups is 12. The quantitative estimate of drug-likeness (QED) is 0.149. The Morgan fingerprint density at radius 1 is 0.388 bits per heavy atom. The van der Waals surface area contributed by atoms with E-state index in [9.17, 15) is 57.5 Å². The molecule has 0 aromatic heterocycles. The maximum absolute atomic E-state index is 14.8. The highest BCUT2D eigenvalue weighted by Crippen LogP contribution is 2.38. The van der Waals surface area contributed by atoms with Crippen LogP contribution in [0.25, 0.3) is 10.8 Å². The Labute approximate surface area is 469 Å². The molecule has 12 amide bonds. The minimum atomic E-state index is -1.45. The molecule has 22 heteroatoms. The molecule has 0 spiro atoms. The van der Waals surface area contributed by atoms with E-state index in [2.05, 4.69) is 31.9 Å². The van der Waals surface area contributed by atoms with Crippen molar-refractivity contribution in [1.82, 2.24) is 51.5 Å². The van der Waals surface area contributed by atoms with Gasteiger partial charge in [-0.25, -0.2) is 0 Å². The van der Waals surface area contributed by atoms with Gasteiger partial charge in [0.15, 0.2) is 0 Å². The van der Waals surface area contributed by atoms with Crippen molar-refractivity contribution in [2.24, 2.45) is 29.6 Å². The monoisotopic (exact) mass is 1110 g/mol. The van der Waals surface area contributed by atoms with Crippen LogP contribution >= 0.6 is 0 Å². The summed E-state index contributed by atoms with van der Waals surface area (Å²) in [6.07, 6.45) is 0.176. The molecule has 1 saturated heterocycles. The van der Waals surface area contributed by atoms with E-state index in [0.29, 0.717) is 0 Å². The zero-order valence-corrected chi connectivity index (χ0v) is 49.2. The molecule has 3 aliphatic rings. The van der Waals surface area contributed by atoms with E-state index in [-0.39, 0.29) is 114 Å². The number of hydrogen-bond acceptors (Lipinski definition) is 12. The van der Waals surface area contributed by atoms with Gasteiger partial charge in [-0.15, -0.1) is 0 Å². The summed E-state index contributed by atoms with van der Waals surface area (Å²) in [5.74, 6) is -8.84. The standard InChI is InChI=1S/C58H84N10O12/c1-28(2)23-41-51(73)59-33(11)47(69)63-43(25-30(5)6)57(79)65(14)35(13)49(71)62-42(24-29(3)4)52(74)60-40(50(72)64-44(26-31(7)8)58(80)66(15)34(12)48(70)61-41)17-16-22-67-53(75)36-18-20-38-46-39(21-19-37(45(36)46)54(67)76)56(78)68(55(38)77)27-32(9)10/h18-21,28-35,40-44H,16-17,22-27H2,1-15H3,(H,59,73)(H,60,74)(H,61,70)(H,62,71)(H,63,69)(H,64,72)/t33-,34-,35-,40-,41+,42+,43+,44+/m0/s1. The lowest BCUT2D eigenvalue weighted by atomic mass is 9.85. The van der Waals surface area contributed by atoms with Gasteiger partial charge in [0, 0.05) is 60.2 Å². The Bertz CT molecular complexity index is 2700. The predicted octanol–water partition coefficient (Wildman–Crippen LogP) is 3.29. The molecule has 3 aliphatic heterocycles. The number of amides is 12. The van der Waals surface area contributed by atoms with Gasteiger partial charge < -0.3 is 41.7 Å². The Morgan fingerprint density at radius 3 is 1.07 bits per heavy atom. The van der Waals surface area contributed by atoms with Crippen LogP contribution in [0.5, 0.6) is 0 Å². The van der Waals surface area contributed by atoms with Crippen molar-refractivity contribution in [2.75, 3.05) is 27.2 Å². The fraction of sp³-hybridized carbons (Fsp3) is 0.621. The van der Waals surface area contributed by atoms with Gasteiger partial charge >= 0.3 is 0 Å². The topological polar surface area (TPSA) is 290 Å². The molecule has 5 rings (SSSR count). The van der Waals surface area contributed by atoms with Gasteiger partial charge in [-0.05, 0) is 113 Å². The Morgan fingerprint density at radius 2 is 0.700 bits per heavy atom. The molecule has 3 heterocycles. The number of imide groups is 2. The highest BCUT2D eigenvalue weighted by molar-refractivity contribution is 6.33. The first-order chi connectivity index (χ1) is 37.4. The minimum absolute atomic E-state index is 0.0209. The Hall–Kier alpha value is -7.26. The van der Waals surface area contributed by atoms with Crippen molar-refractivity contribution >= 4 is 81.7 Å². The van der Waals surface area contributed by atoms with Crippen molar-refractivity contribution in [3.05, 3.63) is 46.5 Å². The third-order valence-corrected chi connectivity index (χ3v) is 14.8. The highest BCUT2D eigenvalue weighted by Gasteiger charge is 2.42. The molecule has 80 heavy (non-hydrogen) atoms. The van der Waals surface area contributed by atoms with Gasteiger partial charge in [0.2, 0.25) is 47.3 Å². The first-order valence-electron chi connectivity index (χ1n) is 28.0. The second kappa shape index (κ2) is 26.8. The van der Waals surface area contributed by atoms with Gasteiger partial charge in [0.1, 0.15) is 48.3 Å². The van der Waals surface area contributed by atoms with Gasteiger partial charge in [-0.1, -0.05) is 69.2 Å². The van der Waals surface area contributed by atoms with Crippen molar-refractivity contribution in [2.45, 2.75) is 177 Å². The Balaban J connectivity index is 1.52. The summed E-state index contributed by atoms with van der Waals surface area (Å²) in [6, 6.07) is -3.99. The van der Waals surface area contributed by atoms with E-state index in [4.69, 9.17) is 0 Å². The van der Waals surface area contributed by atoms with Gasteiger partial charge in [0.05, 0.1) is 0 Å². The lowest BCUT2D eigenvalue weighted by molar-refractivity contribution is -0.143. The van der Waals surface area contributed by atoms with Crippen molar-refractivity contribution in [3.63, 3.8) is 0 Å². The predicted molar refractivity (Wildman–Crippen MR) is 298 cm³/mol. The van der Waals surface area contributed by atoms with Crippen molar-refractivity contribution in [3.8, 4) is 0 Å². The summed E-state index contributed by atoms with van der Waals surface area (Å²) in [4.78, 5) is 174. The largest absolute Gasteiger partial charge is 0.343 e. The lowest BCUT2D eigenvalue weighted by Gasteiger charge is -2.33. The molecule has 6 N–H and O–H groups in total. The van der Waals surface area contributed by atoms with E-state index in [1.54, 1.807) is 0 Å². The van der Waals surface area contributed by atoms with E-state index in [0.717, 1.165) is 19.6 Å². The number of hydrogen-bond donors (Lipinski definition) is 6. The number of benzene rings is 2. The van der Waals surface area contributed by atoms with Crippen LogP contribution in [-0.4, -0.2) is 166 Å². The lowest BCUT2D eigenvalue weighted by Crippen LogP contribution is -2.61. The average molecular weight is 1110 g/mol. The summed E-state index contributed by atoms with van der Waals surface area (Å²) < 4.78 is 0. The van der Waals surface area contributed by atoms with E-state index in [1.807, 2.05) is 69.2 Å². The van der Waals surface area contributed by atoms with Crippen LogP contribution in [0.15, 0.2) is 24.3 Å². The molecule has 1 fully saturated rings. The Kier molecular flexibility index (Phi) is 21.3. The molecular formula is C58H84N10O12. The van der Waals surface area contributed by atoms with Crippen LogP contribution in [-0.2, 0) is 38.4 Å². The van der Waals surface area contributed by atoms with Crippen LogP contribution < -0.4 is 31.9 Å². The number of likely N-dealkylation sites (N-methyl/N-ethyl adjacent to an activating group) is 2.